The fraction of sp³-hybridized carbons (Fsp3) is 0.192. The number of aryl methyl sites for hydroxylation is 2. The van der Waals surface area contributed by atoms with Gasteiger partial charge in [0.05, 0.1) is 11.4 Å². The van der Waals surface area contributed by atoms with Crippen LogP contribution in [0.3, 0.4) is 0 Å². The quantitative estimate of drug-likeness (QED) is 0.565. The molecule has 2 aliphatic rings. The van der Waals surface area contributed by atoms with Gasteiger partial charge < -0.3 is 5.32 Å². The van der Waals surface area contributed by atoms with Crippen LogP contribution in [0.5, 0.6) is 0 Å². The average molecular weight is 492 g/mol. The van der Waals surface area contributed by atoms with Gasteiger partial charge in [-0.15, -0.1) is 11.8 Å². The number of carbonyl (C=O) groups excluding carboxylic acids is 3. The van der Waals surface area contributed by atoms with E-state index >= 15 is 0 Å². The summed E-state index contributed by atoms with van der Waals surface area (Å²) in [6.45, 7) is 3.82. The highest BCUT2D eigenvalue weighted by atomic mass is 35.5. The number of carbonyl (C=O) groups is 3. The predicted molar refractivity (Wildman–Crippen MR) is 136 cm³/mol. The van der Waals surface area contributed by atoms with Crippen molar-refractivity contribution < 1.29 is 14.4 Å². The third kappa shape index (κ3) is 3.56. The molecule has 0 aromatic heterocycles. The summed E-state index contributed by atoms with van der Waals surface area (Å²) in [5, 5.41) is 3.38. The summed E-state index contributed by atoms with van der Waals surface area (Å²) in [6.07, 6.45) is 0. The highest BCUT2D eigenvalue weighted by Crippen LogP contribution is 2.55. The summed E-state index contributed by atoms with van der Waals surface area (Å²) in [5.41, 5.74) is 4.76. The minimum absolute atomic E-state index is 0.135. The number of amides is 3. The number of thioether (sulfide) groups is 1. The molecule has 8 heteroatoms. The molecule has 2 aliphatic heterocycles. The first-order valence-corrected chi connectivity index (χ1v) is 12.2. The summed E-state index contributed by atoms with van der Waals surface area (Å²) in [7, 11) is 0. The van der Waals surface area contributed by atoms with Gasteiger partial charge in [0, 0.05) is 22.0 Å². The Balaban J connectivity index is 1.52. The van der Waals surface area contributed by atoms with E-state index in [1.165, 1.54) is 16.7 Å². The molecule has 172 valence electrons. The van der Waals surface area contributed by atoms with E-state index in [9.17, 15) is 14.4 Å². The molecule has 1 N–H and O–H groups in total. The Morgan fingerprint density at radius 2 is 1.76 bits per heavy atom. The molecule has 0 aliphatic carbocycles. The summed E-state index contributed by atoms with van der Waals surface area (Å²) < 4.78 is 0. The summed E-state index contributed by atoms with van der Waals surface area (Å²) >= 11 is 7.22. The van der Waals surface area contributed by atoms with Gasteiger partial charge in [0.15, 0.2) is 0 Å². The van der Waals surface area contributed by atoms with Crippen molar-refractivity contribution in [1.82, 2.24) is 0 Å². The van der Waals surface area contributed by atoms with Crippen LogP contribution in [0.1, 0.15) is 16.7 Å². The van der Waals surface area contributed by atoms with Crippen molar-refractivity contribution in [2.45, 2.75) is 18.7 Å². The second kappa shape index (κ2) is 8.49. The lowest BCUT2D eigenvalue weighted by Gasteiger charge is -2.33. The monoisotopic (exact) mass is 491 g/mol. The largest absolute Gasteiger partial charge is 0.325 e. The van der Waals surface area contributed by atoms with E-state index in [1.807, 2.05) is 56.3 Å². The van der Waals surface area contributed by atoms with Crippen LogP contribution in [0, 0.1) is 13.8 Å². The van der Waals surface area contributed by atoms with Crippen LogP contribution in [0.25, 0.3) is 0 Å². The molecule has 0 radical (unpaired) electrons. The molecule has 1 fully saturated rings. The van der Waals surface area contributed by atoms with E-state index in [0.717, 1.165) is 11.1 Å². The van der Waals surface area contributed by atoms with Crippen molar-refractivity contribution in [1.29, 1.82) is 0 Å². The highest BCUT2D eigenvalue weighted by molar-refractivity contribution is 8.02. The van der Waals surface area contributed by atoms with Crippen LogP contribution in [0.15, 0.2) is 66.7 Å². The molecule has 1 saturated heterocycles. The lowest BCUT2D eigenvalue weighted by Crippen LogP contribution is -2.50. The first-order valence-electron chi connectivity index (χ1n) is 10.8. The van der Waals surface area contributed by atoms with Crippen LogP contribution in [-0.2, 0) is 19.3 Å². The van der Waals surface area contributed by atoms with Gasteiger partial charge in [-0.1, -0.05) is 35.9 Å². The molecule has 3 aromatic rings. The van der Waals surface area contributed by atoms with Crippen LogP contribution in [0.4, 0.5) is 17.1 Å². The average Bonchev–Trinajstić information content (AvgIpc) is 3.28. The molecule has 2 heterocycles. The van der Waals surface area contributed by atoms with E-state index in [2.05, 4.69) is 5.32 Å². The maximum Gasteiger partial charge on any atom is 0.269 e. The third-order valence-corrected chi connectivity index (χ3v) is 7.88. The first kappa shape index (κ1) is 22.5. The van der Waals surface area contributed by atoms with Gasteiger partial charge in [-0.25, -0.2) is 0 Å². The molecule has 1 atom stereocenters. The molecule has 34 heavy (non-hydrogen) atoms. The van der Waals surface area contributed by atoms with Gasteiger partial charge in [-0.05, 0) is 67.4 Å². The Hall–Kier alpha value is -3.29. The molecule has 3 aromatic carbocycles. The third-order valence-electron chi connectivity index (χ3n) is 6.24. The fourth-order valence-electron chi connectivity index (χ4n) is 4.45. The molecular formula is C26H22ClN3O3S. The van der Waals surface area contributed by atoms with Gasteiger partial charge in [0.25, 0.3) is 5.91 Å². The molecule has 6 nitrogen and oxygen atoms in total. The topological polar surface area (TPSA) is 69.7 Å². The Morgan fingerprint density at radius 3 is 2.50 bits per heavy atom. The zero-order valence-corrected chi connectivity index (χ0v) is 20.2. The zero-order chi connectivity index (χ0) is 24.0. The van der Waals surface area contributed by atoms with Crippen molar-refractivity contribution in [2.24, 2.45) is 0 Å². The summed E-state index contributed by atoms with van der Waals surface area (Å²) in [5.74, 6) is -0.592. The maximum absolute atomic E-state index is 14.0. The van der Waals surface area contributed by atoms with E-state index in [1.54, 1.807) is 29.2 Å². The van der Waals surface area contributed by atoms with Gasteiger partial charge in [0.1, 0.15) is 6.54 Å². The number of anilines is 3. The molecular weight excluding hydrogens is 470 g/mol. The Bertz CT molecular complexity index is 1330. The smallest absolute Gasteiger partial charge is 0.269 e. The highest BCUT2D eigenvalue weighted by Gasteiger charge is 2.61. The number of hydrogen-bond acceptors (Lipinski definition) is 4. The van der Waals surface area contributed by atoms with Crippen LogP contribution in [-0.4, -0.2) is 30.0 Å². The second-order valence-electron chi connectivity index (χ2n) is 8.39. The minimum atomic E-state index is -1.24. The predicted octanol–water partition coefficient (Wildman–Crippen LogP) is 4.87. The summed E-state index contributed by atoms with van der Waals surface area (Å²) in [6, 6.07) is 19.9. The Labute approximate surface area is 206 Å². The number of fused-ring (bicyclic) bond motifs is 2. The normalized spacial score (nSPS) is 19.1. The number of nitrogens with one attached hydrogen (secondary N) is 1. The van der Waals surface area contributed by atoms with E-state index < -0.39 is 4.87 Å². The van der Waals surface area contributed by atoms with Crippen molar-refractivity contribution in [2.75, 3.05) is 27.4 Å². The van der Waals surface area contributed by atoms with Crippen molar-refractivity contribution in [3.63, 3.8) is 0 Å². The van der Waals surface area contributed by atoms with E-state index in [4.69, 9.17) is 11.6 Å². The first-order chi connectivity index (χ1) is 16.3. The SMILES string of the molecule is Cc1ccc(N2C(=O)CS[C@]23C(=O)N(CC(=O)Nc2ccc(Cl)cc2)c2ccccc23)cc1C. The minimum Gasteiger partial charge on any atom is -0.325 e. The number of nitrogens with zero attached hydrogens (tertiary/aromatic N) is 2. The maximum atomic E-state index is 14.0. The van der Waals surface area contributed by atoms with E-state index in [-0.39, 0.29) is 30.0 Å². The Morgan fingerprint density at radius 1 is 1.03 bits per heavy atom. The standard InChI is InChI=1S/C26H22ClN3O3S/c1-16-7-12-20(13-17(16)2)30-24(32)15-34-26(30)21-5-3-4-6-22(21)29(25(26)33)14-23(31)28-19-10-8-18(27)9-11-19/h3-13H,14-15H2,1-2H3,(H,28,31)/t26-/m1/s1. The Kier molecular flexibility index (Phi) is 5.62. The van der Waals surface area contributed by atoms with Crippen molar-refractivity contribution in [3.05, 3.63) is 88.4 Å². The second-order valence-corrected chi connectivity index (χ2v) is 10.00. The number of halogens is 1. The number of hydrogen-bond donors (Lipinski definition) is 1. The van der Waals surface area contributed by atoms with Gasteiger partial charge >= 0.3 is 0 Å². The molecule has 0 unspecified atom stereocenters. The van der Waals surface area contributed by atoms with Crippen LogP contribution >= 0.6 is 23.4 Å². The van der Waals surface area contributed by atoms with E-state index in [0.29, 0.717) is 27.6 Å². The fourth-order valence-corrected chi connectivity index (χ4v) is 5.94. The summed E-state index contributed by atoms with van der Waals surface area (Å²) in [4.78, 5) is 41.9. The lowest BCUT2D eigenvalue weighted by molar-refractivity contribution is -0.124. The van der Waals surface area contributed by atoms with Gasteiger partial charge in [0.2, 0.25) is 16.7 Å². The molecule has 3 amide bonds. The molecule has 1 spiro atoms. The zero-order valence-electron chi connectivity index (χ0n) is 18.7. The lowest BCUT2D eigenvalue weighted by atomic mass is 10.0. The number of para-hydroxylation sites is 1. The number of rotatable bonds is 4. The van der Waals surface area contributed by atoms with Crippen LogP contribution < -0.4 is 15.1 Å². The van der Waals surface area contributed by atoms with Gasteiger partial charge in [-0.3, -0.25) is 24.2 Å². The molecule has 5 rings (SSSR count). The number of benzene rings is 3. The van der Waals surface area contributed by atoms with Crippen molar-refractivity contribution >= 4 is 58.1 Å². The molecule has 0 saturated carbocycles. The van der Waals surface area contributed by atoms with Gasteiger partial charge in [-0.2, -0.15) is 0 Å². The van der Waals surface area contributed by atoms with Crippen LogP contribution in [0.2, 0.25) is 5.02 Å². The van der Waals surface area contributed by atoms with Crippen molar-refractivity contribution in [3.8, 4) is 0 Å². The molecule has 0 bridgehead atoms.